The van der Waals surface area contributed by atoms with Crippen molar-refractivity contribution in [1.82, 2.24) is 4.98 Å². The number of aryl methyl sites for hydroxylation is 1. The van der Waals surface area contributed by atoms with Crippen LogP contribution in [0.2, 0.25) is 0 Å². The minimum atomic E-state index is -0.119. The average Bonchev–Trinajstić information content (AvgIpc) is 2.40. The van der Waals surface area contributed by atoms with Crippen LogP contribution < -0.4 is 11.0 Å². The van der Waals surface area contributed by atoms with Crippen LogP contribution >= 0.6 is 0 Å². The number of nitrogens with zero attached hydrogens (tertiary/aromatic N) is 1. The van der Waals surface area contributed by atoms with E-state index in [1.165, 1.54) is 6.07 Å². The third kappa shape index (κ3) is 3.20. The Balaban J connectivity index is 1.99. The fraction of sp³-hybridized carbons (Fsp3) is 0.538. The van der Waals surface area contributed by atoms with Gasteiger partial charge in [0.1, 0.15) is 0 Å². The van der Waals surface area contributed by atoms with E-state index >= 15 is 0 Å². The number of methoxy groups -OCH3 is 1. The molecule has 5 heteroatoms. The maximum absolute atomic E-state index is 11.2. The molecule has 1 aromatic heterocycles. The summed E-state index contributed by atoms with van der Waals surface area (Å²) in [6, 6.07) is 1.53. The molecule has 0 saturated heterocycles. The largest absolute Gasteiger partial charge is 0.381 e. The van der Waals surface area contributed by atoms with Crippen molar-refractivity contribution in [1.29, 1.82) is 0 Å². The molecule has 5 nitrogen and oxygen atoms in total. The van der Waals surface area contributed by atoms with E-state index in [1.807, 2.05) is 6.92 Å². The Kier molecular flexibility index (Phi) is 4.15. The molecule has 0 aromatic carbocycles. The van der Waals surface area contributed by atoms with Gasteiger partial charge in [-0.1, -0.05) is 0 Å². The molecule has 1 saturated carbocycles. The van der Waals surface area contributed by atoms with E-state index in [4.69, 9.17) is 4.74 Å². The summed E-state index contributed by atoms with van der Waals surface area (Å²) in [6.45, 7) is 1.93. The van der Waals surface area contributed by atoms with Gasteiger partial charge in [-0.05, 0) is 38.2 Å². The molecule has 1 heterocycles. The number of hydrogen-bond acceptors (Lipinski definition) is 4. The molecule has 1 aliphatic carbocycles. The number of aromatic amines is 1. The van der Waals surface area contributed by atoms with Crippen LogP contribution in [0.25, 0.3) is 0 Å². The molecule has 0 aliphatic heterocycles. The third-order valence-corrected chi connectivity index (χ3v) is 3.31. The highest BCUT2D eigenvalue weighted by Crippen LogP contribution is 2.19. The molecule has 0 spiro atoms. The number of anilines is 1. The highest BCUT2D eigenvalue weighted by Gasteiger charge is 2.16. The van der Waals surface area contributed by atoms with E-state index in [-0.39, 0.29) is 5.56 Å². The number of hydrogen-bond donors (Lipinski definition) is 2. The van der Waals surface area contributed by atoms with Gasteiger partial charge in [0, 0.05) is 25.1 Å². The molecule has 2 N–H and O–H groups in total. The number of aromatic nitrogens is 1. The smallest absolute Gasteiger partial charge is 0.250 e. The van der Waals surface area contributed by atoms with Crippen molar-refractivity contribution >= 4 is 11.4 Å². The van der Waals surface area contributed by atoms with E-state index in [1.54, 1.807) is 13.3 Å². The summed E-state index contributed by atoms with van der Waals surface area (Å²) in [7, 11) is 1.75. The van der Waals surface area contributed by atoms with E-state index in [9.17, 15) is 4.79 Å². The molecule has 0 bridgehead atoms. The van der Waals surface area contributed by atoms with Gasteiger partial charge in [-0.2, -0.15) is 5.10 Å². The molecule has 1 fully saturated rings. The molecule has 2 rings (SSSR count). The van der Waals surface area contributed by atoms with Crippen molar-refractivity contribution in [3.63, 3.8) is 0 Å². The van der Waals surface area contributed by atoms with Crippen molar-refractivity contribution < 1.29 is 4.74 Å². The lowest BCUT2D eigenvalue weighted by molar-refractivity contribution is 0.0863. The van der Waals surface area contributed by atoms with Crippen LogP contribution in [0.15, 0.2) is 22.2 Å². The van der Waals surface area contributed by atoms with Crippen molar-refractivity contribution in [3.05, 3.63) is 28.2 Å². The molecule has 18 heavy (non-hydrogen) atoms. The van der Waals surface area contributed by atoms with Crippen LogP contribution in [0.1, 0.15) is 31.2 Å². The first-order chi connectivity index (χ1) is 8.69. The predicted molar refractivity (Wildman–Crippen MR) is 72.1 cm³/mol. The van der Waals surface area contributed by atoms with Gasteiger partial charge in [-0.25, -0.2) is 0 Å². The quantitative estimate of drug-likeness (QED) is 0.806. The zero-order valence-electron chi connectivity index (χ0n) is 10.8. The zero-order valence-corrected chi connectivity index (χ0v) is 10.8. The van der Waals surface area contributed by atoms with Gasteiger partial charge in [0.15, 0.2) is 0 Å². The lowest BCUT2D eigenvalue weighted by atomic mass is 9.96. The first-order valence-electron chi connectivity index (χ1n) is 6.22. The fourth-order valence-corrected chi connectivity index (χ4v) is 2.08. The second-order valence-corrected chi connectivity index (χ2v) is 4.62. The summed E-state index contributed by atoms with van der Waals surface area (Å²) in [5.74, 6) is 0. The Morgan fingerprint density at radius 3 is 2.83 bits per heavy atom. The summed E-state index contributed by atoms with van der Waals surface area (Å²) in [5, 5.41) is 4.38. The number of pyridine rings is 1. The van der Waals surface area contributed by atoms with Gasteiger partial charge < -0.3 is 9.72 Å². The van der Waals surface area contributed by atoms with E-state index in [0.717, 1.165) is 42.6 Å². The standard InChI is InChI=1S/C13H19N3O2/c1-9-8-14-13(17)7-12(9)16-15-10-3-5-11(18-2)6-4-10/h7-8,11H,3-6H2,1-2H3,(H2,14,16,17). The third-order valence-electron chi connectivity index (χ3n) is 3.31. The SMILES string of the molecule is COC1CCC(=NNc2cc(=O)[nH]cc2C)CC1. The van der Waals surface area contributed by atoms with Crippen LogP contribution in [-0.2, 0) is 4.74 Å². The lowest BCUT2D eigenvalue weighted by Gasteiger charge is -2.21. The summed E-state index contributed by atoms with van der Waals surface area (Å²) in [4.78, 5) is 13.8. The topological polar surface area (TPSA) is 66.5 Å². The molecule has 1 aromatic rings. The molecule has 1 aliphatic rings. The number of hydrazone groups is 1. The van der Waals surface area contributed by atoms with E-state index in [2.05, 4.69) is 15.5 Å². The fourth-order valence-electron chi connectivity index (χ4n) is 2.08. The van der Waals surface area contributed by atoms with Crippen LogP contribution in [0.4, 0.5) is 5.69 Å². The molecule has 0 amide bonds. The summed E-state index contributed by atoms with van der Waals surface area (Å²) in [6.07, 6.45) is 6.00. The highest BCUT2D eigenvalue weighted by atomic mass is 16.5. The number of rotatable bonds is 3. The average molecular weight is 249 g/mol. The Labute approximate surface area is 106 Å². The Morgan fingerprint density at radius 2 is 2.17 bits per heavy atom. The van der Waals surface area contributed by atoms with Crippen molar-refractivity contribution in [2.24, 2.45) is 5.10 Å². The summed E-state index contributed by atoms with van der Waals surface area (Å²) >= 11 is 0. The first-order valence-corrected chi connectivity index (χ1v) is 6.22. The van der Waals surface area contributed by atoms with Gasteiger partial charge in [0.05, 0.1) is 11.8 Å². The van der Waals surface area contributed by atoms with Crippen LogP contribution in [-0.4, -0.2) is 23.9 Å². The summed E-state index contributed by atoms with van der Waals surface area (Å²) in [5.41, 5.74) is 5.75. The van der Waals surface area contributed by atoms with Gasteiger partial charge in [-0.15, -0.1) is 0 Å². The van der Waals surface area contributed by atoms with Crippen LogP contribution in [0, 0.1) is 6.92 Å². The van der Waals surface area contributed by atoms with Gasteiger partial charge in [-0.3, -0.25) is 10.2 Å². The molecular formula is C13H19N3O2. The van der Waals surface area contributed by atoms with E-state index < -0.39 is 0 Å². The Bertz CT molecular complexity index is 483. The second-order valence-electron chi connectivity index (χ2n) is 4.62. The number of nitrogens with one attached hydrogen (secondary N) is 2. The normalized spacial score (nSPS) is 19.7. The van der Waals surface area contributed by atoms with Crippen molar-refractivity contribution in [3.8, 4) is 0 Å². The lowest BCUT2D eigenvalue weighted by Crippen LogP contribution is -2.21. The molecule has 0 radical (unpaired) electrons. The van der Waals surface area contributed by atoms with Crippen LogP contribution in [0.3, 0.4) is 0 Å². The minimum Gasteiger partial charge on any atom is -0.381 e. The highest BCUT2D eigenvalue weighted by molar-refractivity contribution is 5.85. The van der Waals surface area contributed by atoms with Gasteiger partial charge in [0.2, 0.25) is 5.56 Å². The second kappa shape index (κ2) is 5.82. The minimum absolute atomic E-state index is 0.119. The number of ether oxygens (including phenoxy) is 1. The molecule has 0 atom stereocenters. The van der Waals surface area contributed by atoms with Gasteiger partial charge >= 0.3 is 0 Å². The summed E-state index contributed by atoms with van der Waals surface area (Å²) < 4.78 is 5.32. The molecule has 98 valence electrons. The first kappa shape index (κ1) is 12.8. The Hall–Kier alpha value is -1.62. The molecule has 0 unspecified atom stereocenters. The molecular weight excluding hydrogens is 230 g/mol. The maximum atomic E-state index is 11.2. The predicted octanol–water partition coefficient (Wildman–Crippen LogP) is 2.04. The van der Waals surface area contributed by atoms with Crippen LogP contribution in [0.5, 0.6) is 0 Å². The maximum Gasteiger partial charge on any atom is 0.250 e. The Morgan fingerprint density at radius 1 is 1.44 bits per heavy atom. The van der Waals surface area contributed by atoms with E-state index in [0.29, 0.717) is 6.10 Å². The zero-order chi connectivity index (χ0) is 13.0. The van der Waals surface area contributed by atoms with Gasteiger partial charge in [0.25, 0.3) is 0 Å². The van der Waals surface area contributed by atoms with Crippen molar-refractivity contribution in [2.75, 3.05) is 12.5 Å². The monoisotopic (exact) mass is 249 g/mol. The number of H-pyrrole nitrogens is 1. The van der Waals surface area contributed by atoms with Crippen molar-refractivity contribution in [2.45, 2.75) is 38.7 Å².